The van der Waals surface area contributed by atoms with Gasteiger partial charge in [0.05, 0.1) is 15.7 Å². The lowest BCUT2D eigenvalue weighted by Crippen LogP contribution is -2.04. The first kappa shape index (κ1) is 14.7. The number of carboxylic acid groups (broad SMARTS) is 1. The molecule has 2 aromatic rings. The monoisotopic (exact) mass is 390 g/mol. The van der Waals surface area contributed by atoms with Gasteiger partial charge < -0.3 is 14.9 Å². The van der Waals surface area contributed by atoms with Crippen LogP contribution in [0.25, 0.3) is 10.8 Å². The zero-order valence-electron chi connectivity index (χ0n) is 10.2. The molecule has 0 radical (unpaired) electrons. The molecule has 0 aromatic heterocycles. The second-order valence-electron chi connectivity index (χ2n) is 3.87. The predicted octanol–water partition coefficient (Wildman–Crippen LogP) is 2.28. The van der Waals surface area contributed by atoms with Gasteiger partial charge in [-0.15, -0.1) is 0 Å². The summed E-state index contributed by atoms with van der Waals surface area (Å²) in [5.74, 6) is -0.887. The van der Waals surface area contributed by atoms with Gasteiger partial charge >= 0.3 is 25.8 Å². The molecule has 0 aliphatic rings. The largest absolute Gasteiger partial charge is 0.491 e. The molecule has 0 saturated heterocycles. The Labute approximate surface area is 121 Å². The molecule has 20 heavy (non-hydrogen) atoms. The normalized spacial score (nSPS) is 10.9. The minimum atomic E-state index is -3.91. The van der Waals surface area contributed by atoms with E-state index in [1.807, 2.05) is 0 Å². The minimum Gasteiger partial charge on any atom is -0.491 e. The zero-order chi connectivity index (χ0) is 14.7. The lowest BCUT2D eigenvalue weighted by Gasteiger charge is -2.10. The number of carbonyl (C=O) groups is 1. The molecule has 2 rings (SSSR count). The Morgan fingerprint density at radius 3 is 2.50 bits per heavy atom. The molecule has 0 unspecified atom stereocenters. The van der Waals surface area contributed by atoms with Crippen LogP contribution in [0.1, 0.15) is 10.4 Å². The lowest BCUT2D eigenvalue weighted by molar-refractivity contribution is 0.0698. The van der Waals surface area contributed by atoms with Crippen molar-refractivity contribution in [2.24, 2.45) is 0 Å². The Bertz CT molecular complexity index is 727. The molecular weight excluding hydrogens is 379 g/mol. The molecule has 0 fully saturated rings. The van der Waals surface area contributed by atoms with Gasteiger partial charge in [0, 0.05) is 10.8 Å². The highest BCUT2D eigenvalue weighted by atomic mass is 127. The molecule has 0 saturated carbocycles. The number of fused-ring (bicyclic) bond motifs is 1. The van der Waals surface area contributed by atoms with Crippen molar-refractivity contribution in [3.05, 3.63) is 39.5 Å². The first-order valence-corrected chi connectivity index (χ1v) is 8.48. The summed E-state index contributed by atoms with van der Waals surface area (Å²) in [6.45, 7) is -0.0951. The molecular formula is C13H11IO6. The molecule has 6 nitrogen and oxygen atoms in total. The maximum Gasteiger partial charge on any atom is 0.341 e. The molecule has 2 aromatic carbocycles. The highest BCUT2D eigenvalue weighted by Gasteiger charge is 2.19. The number of rotatable bonds is 5. The number of hydrogen-bond donors (Lipinski definition) is 2. The van der Waals surface area contributed by atoms with Crippen LogP contribution in [0.2, 0.25) is 0 Å². The van der Waals surface area contributed by atoms with Gasteiger partial charge in [-0.05, 0) is 18.2 Å². The first-order chi connectivity index (χ1) is 9.56. The maximum atomic E-state index is 11.3. The fourth-order valence-corrected chi connectivity index (χ4v) is 3.36. The van der Waals surface area contributed by atoms with Gasteiger partial charge in [0.2, 0.25) is 0 Å². The minimum absolute atomic E-state index is 0.0743. The number of carboxylic acids is 1. The van der Waals surface area contributed by atoms with E-state index in [4.69, 9.17) is 9.84 Å². The summed E-state index contributed by atoms with van der Waals surface area (Å²) < 4.78 is 27.6. The number of aliphatic hydroxyl groups excluding tert-OH is 1. The molecule has 0 spiro atoms. The zero-order valence-corrected chi connectivity index (χ0v) is 12.4. The number of halogens is 1. The Balaban J connectivity index is 2.75. The van der Waals surface area contributed by atoms with E-state index < -0.39 is 25.8 Å². The summed E-state index contributed by atoms with van der Waals surface area (Å²) in [4.78, 5) is 11.3. The van der Waals surface area contributed by atoms with Crippen LogP contribution in [0.4, 0.5) is 0 Å². The van der Waals surface area contributed by atoms with E-state index in [1.165, 1.54) is 18.2 Å². The van der Waals surface area contributed by atoms with E-state index in [0.29, 0.717) is 16.5 Å². The van der Waals surface area contributed by atoms with E-state index in [1.54, 1.807) is 12.1 Å². The Kier molecular flexibility index (Phi) is 4.50. The summed E-state index contributed by atoms with van der Waals surface area (Å²) in [5.41, 5.74) is -0.229. The number of ether oxygens (including phenoxy) is 1. The van der Waals surface area contributed by atoms with Gasteiger partial charge in [0.1, 0.15) is 12.4 Å². The van der Waals surface area contributed by atoms with Crippen LogP contribution in [0, 0.1) is 3.57 Å². The fraction of sp³-hybridized carbons (Fsp3) is 0.154. The van der Waals surface area contributed by atoms with Gasteiger partial charge in [-0.3, -0.25) is 0 Å². The summed E-state index contributed by atoms with van der Waals surface area (Å²) >= 11 is -3.91. The molecule has 0 amide bonds. The van der Waals surface area contributed by atoms with E-state index in [2.05, 4.69) is 0 Å². The van der Waals surface area contributed by atoms with Crippen LogP contribution in [-0.4, -0.2) is 29.4 Å². The molecule has 2 N–H and O–H groups in total. The molecule has 0 atom stereocenters. The van der Waals surface area contributed by atoms with Gasteiger partial charge in [0.25, 0.3) is 0 Å². The van der Waals surface area contributed by atoms with Crippen molar-refractivity contribution in [2.75, 3.05) is 13.2 Å². The van der Waals surface area contributed by atoms with Crippen molar-refractivity contribution in [2.45, 2.75) is 0 Å². The number of aliphatic hydroxyl groups is 1. The second-order valence-corrected chi connectivity index (χ2v) is 6.27. The third-order valence-corrected chi connectivity index (χ3v) is 4.55. The number of hydrogen-bond acceptors (Lipinski definition) is 5. The molecule has 0 aliphatic carbocycles. The van der Waals surface area contributed by atoms with Crippen LogP contribution in [0.3, 0.4) is 0 Å². The molecule has 0 bridgehead atoms. The average Bonchev–Trinajstić information content (AvgIpc) is 2.43. The van der Waals surface area contributed by atoms with Crippen LogP contribution in [0.5, 0.6) is 5.75 Å². The van der Waals surface area contributed by atoms with Crippen molar-refractivity contribution in [3.8, 4) is 5.75 Å². The Hall–Kier alpha value is -1.74. The Morgan fingerprint density at radius 2 is 1.90 bits per heavy atom. The fourth-order valence-electron chi connectivity index (χ4n) is 1.93. The SMILES string of the molecule is O=C(O)c1c(I(=O)=O)ccc2c(OCCO)cccc12. The van der Waals surface area contributed by atoms with Crippen LogP contribution < -0.4 is 4.74 Å². The topological polar surface area (TPSA) is 101 Å². The van der Waals surface area contributed by atoms with Gasteiger partial charge in [-0.2, -0.15) is 0 Å². The summed E-state index contributed by atoms with van der Waals surface area (Å²) in [6, 6.07) is 7.55. The highest BCUT2D eigenvalue weighted by molar-refractivity contribution is 14.2. The van der Waals surface area contributed by atoms with Crippen molar-refractivity contribution in [1.29, 1.82) is 0 Å². The Morgan fingerprint density at radius 1 is 1.15 bits per heavy atom. The van der Waals surface area contributed by atoms with Crippen molar-refractivity contribution in [3.63, 3.8) is 0 Å². The lowest BCUT2D eigenvalue weighted by atomic mass is 10.0. The smallest absolute Gasteiger partial charge is 0.341 e. The van der Waals surface area contributed by atoms with E-state index in [9.17, 15) is 16.0 Å². The second kappa shape index (κ2) is 6.14. The third kappa shape index (κ3) is 2.73. The quantitative estimate of drug-likeness (QED) is 0.760. The summed E-state index contributed by atoms with van der Waals surface area (Å²) in [6.07, 6.45) is 0. The number of aromatic carboxylic acids is 1. The number of benzene rings is 2. The third-order valence-electron chi connectivity index (χ3n) is 2.70. The van der Waals surface area contributed by atoms with E-state index in [-0.39, 0.29) is 22.3 Å². The molecule has 0 heterocycles. The van der Waals surface area contributed by atoms with Gasteiger partial charge in [0.15, 0.2) is 0 Å². The van der Waals surface area contributed by atoms with Crippen molar-refractivity contribution < 1.29 is 25.9 Å². The summed E-state index contributed by atoms with van der Waals surface area (Å²) in [5, 5.41) is 18.8. The summed E-state index contributed by atoms with van der Waals surface area (Å²) in [7, 11) is 0. The highest BCUT2D eigenvalue weighted by Crippen LogP contribution is 2.33. The average molecular weight is 390 g/mol. The van der Waals surface area contributed by atoms with Crippen LogP contribution >= 0.6 is 19.8 Å². The van der Waals surface area contributed by atoms with Crippen LogP contribution in [-0.2, 0) is 6.14 Å². The van der Waals surface area contributed by atoms with Crippen LogP contribution in [0.15, 0.2) is 30.3 Å². The standard InChI is InChI=1S/C13H11IO6/c15-6-7-20-11-3-1-2-9-8(11)4-5-10(14(18)19)12(9)13(16)17/h1-5,15H,6-7H2,(H,16,17). The van der Waals surface area contributed by atoms with Gasteiger partial charge in [-0.25, -0.2) is 10.9 Å². The van der Waals surface area contributed by atoms with E-state index >= 15 is 0 Å². The molecule has 0 aliphatic heterocycles. The van der Waals surface area contributed by atoms with Gasteiger partial charge in [-0.1, -0.05) is 12.1 Å². The predicted molar refractivity (Wildman–Crippen MR) is 77.6 cm³/mol. The molecule has 7 heteroatoms. The van der Waals surface area contributed by atoms with E-state index in [0.717, 1.165) is 0 Å². The molecule has 106 valence electrons. The van der Waals surface area contributed by atoms with Crippen molar-refractivity contribution >= 4 is 36.5 Å². The maximum absolute atomic E-state index is 11.3. The first-order valence-electron chi connectivity index (χ1n) is 5.64. The van der Waals surface area contributed by atoms with Crippen molar-refractivity contribution in [1.82, 2.24) is 0 Å².